The Hall–Kier alpha value is -0.0200. The number of hydrogen-bond acceptors (Lipinski definition) is 3. The number of aliphatic hydroxyl groups is 1. The highest BCUT2D eigenvalue weighted by Gasteiger charge is 2.24. The highest BCUT2D eigenvalue weighted by molar-refractivity contribution is 8.13. The van der Waals surface area contributed by atoms with Crippen LogP contribution in [0.2, 0.25) is 0 Å². The maximum absolute atomic E-state index is 11.3. The Labute approximate surface area is 72.4 Å². The number of rotatable bonds is 4. The molecule has 0 heterocycles. The van der Waals surface area contributed by atoms with Gasteiger partial charge >= 0.3 is 0 Å². The van der Waals surface area contributed by atoms with Gasteiger partial charge in [-0.15, -0.1) is 0 Å². The van der Waals surface area contributed by atoms with Gasteiger partial charge in [0.05, 0.1) is 6.61 Å². The van der Waals surface area contributed by atoms with Gasteiger partial charge in [0.2, 0.25) is 0 Å². The van der Waals surface area contributed by atoms with Crippen molar-refractivity contribution < 1.29 is 9.90 Å². The van der Waals surface area contributed by atoms with Crippen molar-refractivity contribution in [3.63, 3.8) is 0 Å². The first-order chi connectivity index (χ1) is 5.04. The molecular weight excluding hydrogens is 160 g/mol. The van der Waals surface area contributed by atoms with E-state index in [1.807, 2.05) is 20.8 Å². The quantitative estimate of drug-likeness (QED) is 0.708. The second-order valence-corrected chi connectivity index (χ2v) is 4.16. The molecular formula is C8H16O2S. The lowest BCUT2D eigenvalue weighted by Gasteiger charge is -2.19. The third kappa shape index (κ3) is 3.77. The largest absolute Gasteiger partial charge is 0.396 e. The van der Waals surface area contributed by atoms with Crippen molar-refractivity contribution in [3.8, 4) is 0 Å². The highest BCUT2D eigenvalue weighted by Crippen LogP contribution is 2.26. The van der Waals surface area contributed by atoms with Crippen molar-refractivity contribution in [1.29, 1.82) is 0 Å². The molecule has 0 aromatic carbocycles. The van der Waals surface area contributed by atoms with E-state index < -0.39 is 0 Å². The predicted molar refractivity (Wildman–Crippen MR) is 48.6 cm³/mol. The molecule has 0 saturated carbocycles. The van der Waals surface area contributed by atoms with Crippen LogP contribution in [0, 0.1) is 5.41 Å². The van der Waals surface area contributed by atoms with E-state index in [-0.39, 0.29) is 17.1 Å². The molecule has 0 rings (SSSR count). The lowest BCUT2D eigenvalue weighted by molar-refractivity contribution is -0.118. The second-order valence-electron chi connectivity index (χ2n) is 3.10. The SMILES string of the molecule is CCC(C)(C)C(=O)SCCO. The average molecular weight is 176 g/mol. The molecule has 0 amide bonds. The number of thioether (sulfide) groups is 1. The molecule has 0 unspecified atom stereocenters. The van der Waals surface area contributed by atoms with Crippen molar-refractivity contribution in [2.24, 2.45) is 5.41 Å². The van der Waals surface area contributed by atoms with Gasteiger partial charge < -0.3 is 5.11 Å². The van der Waals surface area contributed by atoms with E-state index in [1.54, 1.807) is 0 Å². The monoisotopic (exact) mass is 176 g/mol. The lowest BCUT2D eigenvalue weighted by atomic mass is 9.92. The molecule has 0 aromatic rings. The van der Waals surface area contributed by atoms with Crippen molar-refractivity contribution >= 4 is 16.9 Å². The van der Waals surface area contributed by atoms with Crippen LogP contribution in [0.1, 0.15) is 27.2 Å². The summed E-state index contributed by atoms with van der Waals surface area (Å²) in [7, 11) is 0. The lowest BCUT2D eigenvalue weighted by Crippen LogP contribution is -2.20. The Morgan fingerprint density at radius 1 is 1.55 bits per heavy atom. The van der Waals surface area contributed by atoms with Crippen LogP contribution in [0.4, 0.5) is 0 Å². The molecule has 0 atom stereocenters. The van der Waals surface area contributed by atoms with Crippen LogP contribution >= 0.6 is 11.8 Å². The first-order valence-corrected chi connectivity index (χ1v) is 4.81. The Bertz CT molecular complexity index is 132. The van der Waals surface area contributed by atoms with Gasteiger partial charge in [0, 0.05) is 11.2 Å². The van der Waals surface area contributed by atoms with E-state index >= 15 is 0 Å². The Morgan fingerprint density at radius 2 is 2.09 bits per heavy atom. The van der Waals surface area contributed by atoms with Gasteiger partial charge in [0.15, 0.2) is 5.12 Å². The molecule has 2 nitrogen and oxygen atoms in total. The Balaban J connectivity index is 3.82. The molecule has 11 heavy (non-hydrogen) atoms. The summed E-state index contributed by atoms with van der Waals surface area (Å²) in [5.74, 6) is 0.516. The molecule has 0 spiro atoms. The summed E-state index contributed by atoms with van der Waals surface area (Å²) in [5.41, 5.74) is -0.236. The van der Waals surface area contributed by atoms with Crippen molar-refractivity contribution in [1.82, 2.24) is 0 Å². The van der Waals surface area contributed by atoms with Crippen LogP contribution in [0.5, 0.6) is 0 Å². The summed E-state index contributed by atoms with van der Waals surface area (Å²) in [5, 5.41) is 8.66. The maximum atomic E-state index is 11.3. The zero-order valence-corrected chi connectivity index (χ0v) is 8.20. The van der Waals surface area contributed by atoms with Crippen molar-refractivity contribution in [2.75, 3.05) is 12.4 Å². The highest BCUT2D eigenvalue weighted by atomic mass is 32.2. The van der Waals surface area contributed by atoms with Crippen molar-refractivity contribution in [3.05, 3.63) is 0 Å². The van der Waals surface area contributed by atoms with Crippen LogP contribution in [-0.2, 0) is 4.79 Å². The molecule has 0 aliphatic rings. The summed E-state index contributed by atoms with van der Waals surface area (Å²) in [6.07, 6.45) is 0.851. The molecule has 1 N–H and O–H groups in total. The van der Waals surface area contributed by atoms with Gasteiger partial charge in [-0.25, -0.2) is 0 Å². The molecule has 3 heteroatoms. The van der Waals surface area contributed by atoms with Crippen LogP contribution in [0.15, 0.2) is 0 Å². The van der Waals surface area contributed by atoms with E-state index in [2.05, 4.69) is 0 Å². The fourth-order valence-corrected chi connectivity index (χ4v) is 1.29. The molecule has 0 radical (unpaired) electrons. The standard InChI is InChI=1S/C8H16O2S/c1-4-8(2,3)7(10)11-6-5-9/h9H,4-6H2,1-3H3. The minimum atomic E-state index is -0.236. The number of aliphatic hydroxyl groups excluding tert-OH is 1. The molecule has 0 fully saturated rings. The summed E-state index contributed by atoms with van der Waals surface area (Å²) in [4.78, 5) is 11.3. The fraction of sp³-hybridized carbons (Fsp3) is 0.875. The van der Waals surface area contributed by atoms with Crippen LogP contribution < -0.4 is 0 Å². The molecule has 0 aliphatic heterocycles. The van der Waals surface area contributed by atoms with E-state index in [9.17, 15) is 4.79 Å². The fourth-order valence-electron chi connectivity index (χ4n) is 0.478. The number of carbonyl (C=O) groups excluding carboxylic acids is 1. The van der Waals surface area contributed by atoms with Crippen LogP contribution in [0.3, 0.4) is 0 Å². The van der Waals surface area contributed by atoms with Crippen LogP contribution in [-0.4, -0.2) is 22.6 Å². The molecule has 66 valence electrons. The first kappa shape index (κ1) is 11.0. The predicted octanol–water partition coefficient (Wildman–Crippen LogP) is 1.67. The number of hydrogen-bond donors (Lipinski definition) is 1. The van der Waals surface area contributed by atoms with Gasteiger partial charge in [-0.3, -0.25) is 4.79 Å². The van der Waals surface area contributed by atoms with Gasteiger partial charge in [-0.1, -0.05) is 32.5 Å². The van der Waals surface area contributed by atoms with E-state index in [4.69, 9.17) is 5.11 Å². The van der Waals surface area contributed by atoms with E-state index in [0.29, 0.717) is 5.75 Å². The molecule has 0 saturated heterocycles. The minimum Gasteiger partial charge on any atom is -0.396 e. The van der Waals surface area contributed by atoms with Gasteiger partial charge in [-0.05, 0) is 6.42 Å². The van der Waals surface area contributed by atoms with E-state index in [0.717, 1.165) is 6.42 Å². The van der Waals surface area contributed by atoms with E-state index in [1.165, 1.54) is 11.8 Å². The van der Waals surface area contributed by atoms with Crippen LogP contribution in [0.25, 0.3) is 0 Å². The third-order valence-corrected chi connectivity index (χ3v) is 2.96. The second kappa shape index (κ2) is 4.78. The summed E-state index contributed by atoms with van der Waals surface area (Å²) >= 11 is 1.22. The smallest absolute Gasteiger partial charge is 0.194 e. The molecule has 0 aromatic heterocycles. The average Bonchev–Trinajstić information content (AvgIpc) is 2.00. The first-order valence-electron chi connectivity index (χ1n) is 3.82. The Kier molecular flexibility index (Phi) is 4.77. The summed E-state index contributed by atoms with van der Waals surface area (Å²) < 4.78 is 0. The molecule has 0 aliphatic carbocycles. The molecule has 0 bridgehead atoms. The van der Waals surface area contributed by atoms with Crippen molar-refractivity contribution in [2.45, 2.75) is 27.2 Å². The minimum absolute atomic E-state index is 0.0796. The topological polar surface area (TPSA) is 37.3 Å². The van der Waals surface area contributed by atoms with Gasteiger partial charge in [-0.2, -0.15) is 0 Å². The Morgan fingerprint density at radius 3 is 2.45 bits per heavy atom. The number of carbonyl (C=O) groups is 1. The normalized spacial score (nSPS) is 11.6. The van der Waals surface area contributed by atoms with Gasteiger partial charge in [0.25, 0.3) is 0 Å². The zero-order valence-electron chi connectivity index (χ0n) is 7.39. The third-order valence-electron chi connectivity index (χ3n) is 1.76. The maximum Gasteiger partial charge on any atom is 0.194 e. The zero-order chi connectivity index (χ0) is 8.91. The summed E-state index contributed by atoms with van der Waals surface area (Å²) in [6.45, 7) is 5.94. The van der Waals surface area contributed by atoms with Gasteiger partial charge in [0.1, 0.15) is 0 Å². The summed E-state index contributed by atoms with van der Waals surface area (Å²) in [6, 6.07) is 0.